The number of halogens is 2. The van der Waals surface area contributed by atoms with Crippen molar-refractivity contribution in [1.82, 2.24) is 4.98 Å². The Hall–Kier alpha value is -3.21. The molecule has 2 N–H and O–H groups in total. The number of hydrazone groups is 1. The summed E-state index contributed by atoms with van der Waals surface area (Å²) in [5.74, 6) is -0.757. The Kier molecular flexibility index (Phi) is 5.77. The van der Waals surface area contributed by atoms with Crippen LogP contribution in [0.1, 0.15) is 10.4 Å². The highest BCUT2D eigenvalue weighted by Crippen LogP contribution is 2.44. The lowest BCUT2D eigenvalue weighted by atomic mass is 10.1. The van der Waals surface area contributed by atoms with Gasteiger partial charge in [0.2, 0.25) is 5.13 Å². The summed E-state index contributed by atoms with van der Waals surface area (Å²) >= 11 is 13.4. The van der Waals surface area contributed by atoms with Crippen LogP contribution in [-0.4, -0.2) is 26.7 Å². The maximum Gasteiger partial charge on any atom is 0.352 e. The van der Waals surface area contributed by atoms with Crippen LogP contribution in [0.2, 0.25) is 10.0 Å². The number of nitrogens with zero attached hydrogens (tertiary/aromatic N) is 3. The Bertz CT molecular complexity index is 1240. The molecule has 31 heavy (non-hydrogen) atoms. The number of aromatic nitrogens is 1. The molecule has 2 heterocycles. The van der Waals surface area contributed by atoms with E-state index in [9.17, 15) is 20.0 Å². The van der Waals surface area contributed by atoms with Gasteiger partial charge in [0.1, 0.15) is 18.1 Å². The van der Waals surface area contributed by atoms with E-state index in [2.05, 4.69) is 15.5 Å². The minimum absolute atomic E-state index is 0.176. The number of para-hydroxylation sites is 1. The zero-order valence-electron chi connectivity index (χ0n) is 15.5. The molecule has 0 amide bonds. The standard InChI is InChI=1S/C19H12Cl2N4O5S/c20-11-6-10-15(7-12(11)21)30-8-16-17(10)22-19(31-16)24-23-13(18(26)27)5-9-3-1-2-4-14(9)25(28)29/h1-4,6-7H,5,8H2,(H,22,24)(H,26,27). The number of aliphatic carboxylic acids is 1. The number of rotatable bonds is 6. The molecule has 0 saturated heterocycles. The molecule has 0 aliphatic carbocycles. The Morgan fingerprint density at radius 3 is 2.81 bits per heavy atom. The number of nitro benzene ring substituents is 1. The summed E-state index contributed by atoms with van der Waals surface area (Å²) in [6, 6.07) is 9.17. The molecule has 1 aliphatic heterocycles. The summed E-state index contributed by atoms with van der Waals surface area (Å²) in [6.07, 6.45) is -0.232. The van der Waals surface area contributed by atoms with Crippen LogP contribution in [0.15, 0.2) is 41.5 Å². The average molecular weight is 479 g/mol. The molecule has 9 nitrogen and oxygen atoms in total. The molecule has 0 spiro atoms. The first kappa shape index (κ1) is 21.0. The number of carboxylic acid groups (broad SMARTS) is 1. The van der Waals surface area contributed by atoms with Crippen molar-refractivity contribution in [2.24, 2.45) is 5.10 Å². The fraction of sp³-hybridized carbons (Fsp3) is 0.105. The zero-order chi connectivity index (χ0) is 22.1. The van der Waals surface area contributed by atoms with E-state index in [4.69, 9.17) is 27.9 Å². The molecule has 12 heteroatoms. The van der Waals surface area contributed by atoms with Crippen LogP contribution < -0.4 is 10.2 Å². The normalized spacial score (nSPS) is 12.5. The lowest BCUT2D eigenvalue weighted by Gasteiger charge is -2.17. The van der Waals surface area contributed by atoms with E-state index in [0.29, 0.717) is 32.2 Å². The van der Waals surface area contributed by atoms with Gasteiger partial charge in [0, 0.05) is 29.7 Å². The second kappa shape index (κ2) is 8.50. The maximum absolute atomic E-state index is 11.6. The minimum atomic E-state index is -1.30. The van der Waals surface area contributed by atoms with Gasteiger partial charge in [0.05, 0.1) is 25.5 Å². The van der Waals surface area contributed by atoms with Gasteiger partial charge in [-0.3, -0.25) is 15.5 Å². The van der Waals surface area contributed by atoms with Crippen molar-refractivity contribution in [3.05, 3.63) is 67.0 Å². The molecule has 3 aromatic rings. The quantitative estimate of drug-likeness (QED) is 0.289. The summed E-state index contributed by atoms with van der Waals surface area (Å²) in [5, 5.41) is 25.6. The van der Waals surface area contributed by atoms with Crippen LogP contribution in [0.25, 0.3) is 11.3 Å². The van der Waals surface area contributed by atoms with Gasteiger partial charge < -0.3 is 9.84 Å². The van der Waals surface area contributed by atoms with Gasteiger partial charge >= 0.3 is 5.97 Å². The van der Waals surface area contributed by atoms with E-state index >= 15 is 0 Å². The first-order valence-corrected chi connectivity index (χ1v) is 10.3. The van der Waals surface area contributed by atoms with E-state index in [1.165, 1.54) is 29.5 Å². The van der Waals surface area contributed by atoms with Crippen molar-refractivity contribution >= 4 is 57.0 Å². The third-order valence-electron chi connectivity index (χ3n) is 4.41. The molecule has 1 aliphatic rings. The molecular weight excluding hydrogens is 467 g/mol. The van der Waals surface area contributed by atoms with E-state index in [-0.39, 0.29) is 30.0 Å². The molecule has 158 valence electrons. The zero-order valence-corrected chi connectivity index (χ0v) is 17.8. The van der Waals surface area contributed by atoms with Gasteiger partial charge in [-0.2, -0.15) is 5.10 Å². The van der Waals surface area contributed by atoms with Gasteiger partial charge in [-0.05, 0) is 6.07 Å². The number of nitrogens with one attached hydrogen (secondary N) is 1. The number of hydrogen-bond acceptors (Lipinski definition) is 8. The fourth-order valence-electron chi connectivity index (χ4n) is 2.98. The molecule has 1 aromatic heterocycles. The lowest BCUT2D eigenvalue weighted by molar-refractivity contribution is -0.385. The predicted molar refractivity (Wildman–Crippen MR) is 117 cm³/mol. The van der Waals surface area contributed by atoms with Gasteiger partial charge in [-0.1, -0.05) is 52.7 Å². The Balaban J connectivity index is 1.61. The van der Waals surface area contributed by atoms with Crippen LogP contribution >= 0.6 is 34.5 Å². The Labute approximate surface area is 189 Å². The van der Waals surface area contributed by atoms with Crippen LogP contribution in [0.3, 0.4) is 0 Å². The van der Waals surface area contributed by atoms with Gasteiger partial charge in [-0.15, -0.1) is 0 Å². The monoisotopic (exact) mass is 478 g/mol. The summed E-state index contributed by atoms with van der Waals surface area (Å²) in [7, 11) is 0. The Morgan fingerprint density at radius 2 is 2.06 bits per heavy atom. The summed E-state index contributed by atoms with van der Waals surface area (Å²) in [4.78, 5) is 27.5. The molecule has 0 fully saturated rings. The number of benzene rings is 2. The summed E-state index contributed by atoms with van der Waals surface area (Å²) in [6.45, 7) is 0.269. The molecular formula is C19H12Cl2N4O5S. The second-order valence-corrected chi connectivity index (χ2v) is 8.28. The number of anilines is 1. The Morgan fingerprint density at radius 1 is 1.32 bits per heavy atom. The number of thiazole rings is 1. The van der Waals surface area contributed by atoms with Gasteiger partial charge in [-0.25, -0.2) is 9.78 Å². The van der Waals surface area contributed by atoms with E-state index in [0.717, 1.165) is 4.88 Å². The predicted octanol–water partition coefficient (Wildman–Crippen LogP) is 5.01. The first-order chi connectivity index (χ1) is 14.8. The van der Waals surface area contributed by atoms with Crippen LogP contribution in [0.5, 0.6) is 5.75 Å². The largest absolute Gasteiger partial charge is 0.487 e. The summed E-state index contributed by atoms with van der Waals surface area (Å²) < 4.78 is 5.68. The molecule has 0 saturated carbocycles. The van der Waals surface area contributed by atoms with Crippen molar-refractivity contribution in [2.45, 2.75) is 13.0 Å². The third-order valence-corrected chi connectivity index (χ3v) is 6.07. The smallest absolute Gasteiger partial charge is 0.352 e. The average Bonchev–Trinajstić information content (AvgIpc) is 3.15. The van der Waals surface area contributed by atoms with Gasteiger partial charge in [0.15, 0.2) is 0 Å². The molecule has 0 atom stereocenters. The van der Waals surface area contributed by atoms with Crippen molar-refractivity contribution < 1.29 is 19.6 Å². The van der Waals surface area contributed by atoms with Crippen molar-refractivity contribution in [3.8, 4) is 17.0 Å². The fourth-order valence-corrected chi connectivity index (χ4v) is 4.13. The molecule has 0 radical (unpaired) electrons. The third kappa shape index (κ3) is 4.31. The number of nitro groups is 1. The summed E-state index contributed by atoms with van der Waals surface area (Å²) in [5.41, 5.74) is 3.71. The number of ether oxygens (including phenoxy) is 1. The molecule has 2 aromatic carbocycles. The van der Waals surface area contributed by atoms with Crippen molar-refractivity contribution in [2.75, 3.05) is 5.43 Å². The number of hydrogen-bond donors (Lipinski definition) is 2. The topological polar surface area (TPSA) is 127 Å². The van der Waals surface area contributed by atoms with Crippen LogP contribution in [0.4, 0.5) is 10.8 Å². The number of carbonyl (C=O) groups is 1. The molecule has 0 bridgehead atoms. The highest BCUT2D eigenvalue weighted by Gasteiger charge is 2.24. The maximum atomic E-state index is 11.6. The number of fused-ring (bicyclic) bond motifs is 3. The second-order valence-electron chi connectivity index (χ2n) is 6.38. The van der Waals surface area contributed by atoms with E-state index in [1.54, 1.807) is 18.2 Å². The number of carboxylic acids is 1. The highest BCUT2D eigenvalue weighted by atomic mass is 35.5. The SMILES string of the molecule is O=C(O)C(Cc1ccccc1[N+](=O)[O-])=NNc1nc2c(s1)COc1cc(Cl)c(Cl)cc1-2. The van der Waals surface area contributed by atoms with Gasteiger partial charge in [0.25, 0.3) is 5.69 Å². The molecule has 0 unspecified atom stereocenters. The highest BCUT2D eigenvalue weighted by molar-refractivity contribution is 7.16. The van der Waals surface area contributed by atoms with E-state index in [1.807, 2.05) is 0 Å². The first-order valence-electron chi connectivity index (χ1n) is 8.73. The van der Waals surface area contributed by atoms with Crippen LogP contribution in [0, 0.1) is 10.1 Å². The lowest BCUT2D eigenvalue weighted by Crippen LogP contribution is -2.18. The van der Waals surface area contributed by atoms with Crippen molar-refractivity contribution in [1.29, 1.82) is 0 Å². The van der Waals surface area contributed by atoms with E-state index < -0.39 is 10.9 Å². The van der Waals surface area contributed by atoms with Crippen LogP contribution in [-0.2, 0) is 17.8 Å². The minimum Gasteiger partial charge on any atom is -0.487 e. The molecule has 4 rings (SSSR count). The van der Waals surface area contributed by atoms with Crippen molar-refractivity contribution in [3.63, 3.8) is 0 Å².